The molecule has 2 rings (SSSR count). The molecule has 0 bridgehead atoms. The number of carbonyl (C=O) groups excluding carboxylic acids is 1. The molecule has 0 saturated carbocycles. The van der Waals surface area contributed by atoms with Crippen molar-refractivity contribution in [3.63, 3.8) is 0 Å². The zero-order chi connectivity index (χ0) is 13.8. The molecule has 0 unspecified atom stereocenters. The van der Waals surface area contributed by atoms with Crippen molar-refractivity contribution < 1.29 is 4.79 Å². The molecule has 1 aliphatic heterocycles. The van der Waals surface area contributed by atoms with Crippen LogP contribution in [0.5, 0.6) is 0 Å². The van der Waals surface area contributed by atoms with Gasteiger partial charge in [-0.3, -0.25) is 9.69 Å². The van der Waals surface area contributed by atoms with Gasteiger partial charge in [0.1, 0.15) is 0 Å². The lowest BCUT2D eigenvalue weighted by Crippen LogP contribution is -2.49. The third-order valence-electron chi connectivity index (χ3n) is 3.34. The molecule has 0 N–H and O–H groups in total. The monoisotopic (exact) mass is 263 g/mol. The average Bonchev–Trinajstić information content (AvgIpc) is 2.40. The fourth-order valence-electron chi connectivity index (χ4n) is 2.03. The molecule has 1 aromatic heterocycles. The van der Waals surface area contributed by atoms with Crippen LogP contribution >= 0.6 is 0 Å². The van der Waals surface area contributed by atoms with E-state index in [0.29, 0.717) is 6.54 Å². The van der Waals surface area contributed by atoms with Gasteiger partial charge < -0.3 is 9.80 Å². The molecule has 0 radical (unpaired) electrons. The molecule has 1 fully saturated rings. The fraction of sp³-hybridized carbons (Fsp3) is 0.615. The summed E-state index contributed by atoms with van der Waals surface area (Å²) in [5.41, 5.74) is 0.930. The molecule has 0 atom stereocenters. The summed E-state index contributed by atoms with van der Waals surface area (Å²) < 4.78 is 0. The number of nitrogens with zero attached hydrogens (tertiary/aromatic N) is 5. The first-order valence-corrected chi connectivity index (χ1v) is 6.54. The zero-order valence-electron chi connectivity index (χ0n) is 11.8. The standard InChI is InChI=1S/C13H21N5O/c1-11-4-5-12(15-14-11)18-8-6-17(7-9-18)10-13(19)16(2)3/h4-5H,6-10H2,1-3H3. The normalized spacial score (nSPS) is 16.5. The van der Waals surface area contributed by atoms with E-state index in [0.717, 1.165) is 37.7 Å². The van der Waals surface area contributed by atoms with E-state index in [-0.39, 0.29) is 5.91 Å². The summed E-state index contributed by atoms with van der Waals surface area (Å²) in [5, 5.41) is 8.28. The SMILES string of the molecule is Cc1ccc(N2CCN(CC(=O)N(C)C)CC2)nn1. The molecule has 0 spiro atoms. The maximum atomic E-state index is 11.6. The van der Waals surface area contributed by atoms with E-state index in [1.165, 1.54) is 0 Å². The van der Waals surface area contributed by atoms with Gasteiger partial charge in [0.05, 0.1) is 12.2 Å². The second-order valence-corrected chi connectivity index (χ2v) is 5.08. The second-order valence-electron chi connectivity index (χ2n) is 5.08. The highest BCUT2D eigenvalue weighted by Crippen LogP contribution is 2.12. The molecule has 0 aromatic carbocycles. The maximum Gasteiger partial charge on any atom is 0.236 e. The average molecular weight is 263 g/mol. The number of rotatable bonds is 3. The summed E-state index contributed by atoms with van der Waals surface area (Å²) in [6.07, 6.45) is 0. The van der Waals surface area contributed by atoms with Crippen LogP contribution in [0.3, 0.4) is 0 Å². The van der Waals surface area contributed by atoms with Gasteiger partial charge in [-0.2, -0.15) is 5.10 Å². The number of aromatic nitrogens is 2. The van der Waals surface area contributed by atoms with Crippen LogP contribution in [0.1, 0.15) is 5.69 Å². The molecule has 1 saturated heterocycles. The lowest BCUT2D eigenvalue weighted by molar-refractivity contribution is -0.129. The molecule has 6 heteroatoms. The summed E-state index contributed by atoms with van der Waals surface area (Å²) in [6.45, 7) is 5.98. The van der Waals surface area contributed by atoms with E-state index < -0.39 is 0 Å². The smallest absolute Gasteiger partial charge is 0.236 e. The molecular formula is C13H21N5O. The van der Waals surface area contributed by atoms with Gasteiger partial charge in [-0.15, -0.1) is 5.10 Å². The van der Waals surface area contributed by atoms with Gasteiger partial charge in [-0.1, -0.05) is 0 Å². The Kier molecular flexibility index (Phi) is 4.31. The van der Waals surface area contributed by atoms with E-state index in [1.54, 1.807) is 19.0 Å². The Hall–Kier alpha value is -1.69. The highest BCUT2D eigenvalue weighted by atomic mass is 16.2. The Morgan fingerprint density at radius 1 is 1.21 bits per heavy atom. The van der Waals surface area contributed by atoms with E-state index in [9.17, 15) is 4.79 Å². The molecule has 104 valence electrons. The maximum absolute atomic E-state index is 11.6. The summed E-state index contributed by atoms with van der Waals surface area (Å²) in [6, 6.07) is 3.98. The van der Waals surface area contributed by atoms with Gasteiger partial charge >= 0.3 is 0 Å². The topological polar surface area (TPSA) is 52.6 Å². The number of amides is 1. The Balaban J connectivity index is 1.85. The minimum Gasteiger partial charge on any atom is -0.353 e. The lowest BCUT2D eigenvalue weighted by Gasteiger charge is -2.35. The Labute approximate surface area is 114 Å². The highest BCUT2D eigenvalue weighted by Gasteiger charge is 2.20. The number of anilines is 1. The number of aryl methyl sites for hydroxylation is 1. The number of piperazine rings is 1. The van der Waals surface area contributed by atoms with E-state index in [4.69, 9.17) is 0 Å². The number of carbonyl (C=O) groups is 1. The van der Waals surface area contributed by atoms with Gasteiger partial charge in [-0.05, 0) is 19.1 Å². The number of hydrogen-bond acceptors (Lipinski definition) is 5. The van der Waals surface area contributed by atoms with Crippen molar-refractivity contribution in [2.45, 2.75) is 6.92 Å². The molecule has 2 heterocycles. The molecule has 1 aromatic rings. The van der Waals surface area contributed by atoms with Crippen LogP contribution in [0, 0.1) is 6.92 Å². The van der Waals surface area contributed by atoms with Crippen LogP contribution in [-0.4, -0.2) is 72.7 Å². The van der Waals surface area contributed by atoms with Crippen molar-refractivity contribution in [2.75, 3.05) is 51.7 Å². The Morgan fingerprint density at radius 3 is 2.42 bits per heavy atom. The summed E-state index contributed by atoms with van der Waals surface area (Å²) >= 11 is 0. The largest absolute Gasteiger partial charge is 0.353 e. The highest BCUT2D eigenvalue weighted by molar-refractivity contribution is 5.77. The van der Waals surface area contributed by atoms with Crippen LogP contribution in [0.2, 0.25) is 0 Å². The van der Waals surface area contributed by atoms with Gasteiger partial charge in [-0.25, -0.2) is 0 Å². The Morgan fingerprint density at radius 2 is 1.89 bits per heavy atom. The van der Waals surface area contributed by atoms with Crippen molar-refractivity contribution in [3.05, 3.63) is 17.8 Å². The molecule has 0 aliphatic carbocycles. The lowest BCUT2D eigenvalue weighted by atomic mass is 10.3. The van der Waals surface area contributed by atoms with Gasteiger partial charge in [0.2, 0.25) is 5.91 Å². The van der Waals surface area contributed by atoms with Crippen molar-refractivity contribution in [1.82, 2.24) is 20.0 Å². The van der Waals surface area contributed by atoms with Crippen LogP contribution < -0.4 is 4.90 Å². The van der Waals surface area contributed by atoms with Gasteiger partial charge in [0.15, 0.2) is 5.82 Å². The van der Waals surface area contributed by atoms with Crippen molar-refractivity contribution in [2.24, 2.45) is 0 Å². The van der Waals surface area contributed by atoms with Crippen molar-refractivity contribution in [1.29, 1.82) is 0 Å². The first kappa shape index (κ1) is 13.7. The van der Waals surface area contributed by atoms with Gasteiger partial charge in [0.25, 0.3) is 0 Å². The van der Waals surface area contributed by atoms with E-state index in [1.807, 2.05) is 19.1 Å². The minimum absolute atomic E-state index is 0.156. The second kappa shape index (κ2) is 5.97. The van der Waals surface area contributed by atoms with E-state index in [2.05, 4.69) is 20.0 Å². The van der Waals surface area contributed by atoms with Crippen LogP contribution in [0.25, 0.3) is 0 Å². The molecular weight excluding hydrogens is 242 g/mol. The molecule has 19 heavy (non-hydrogen) atoms. The molecule has 6 nitrogen and oxygen atoms in total. The van der Waals surface area contributed by atoms with Crippen LogP contribution in [0.4, 0.5) is 5.82 Å². The first-order chi connectivity index (χ1) is 9.06. The molecule has 1 aliphatic rings. The van der Waals surface area contributed by atoms with Crippen molar-refractivity contribution in [3.8, 4) is 0 Å². The summed E-state index contributed by atoms with van der Waals surface area (Å²) in [5.74, 6) is 1.08. The summed E-state index contributed by atoms with van der Waals surface area (Å²) in [4.78, 5) is 17.7. The number of likely N-dealkylation sites (N-methyl/N-ethyl adjacent to an activating group) is 1. The molecule has 1 amide bonds. The van der Waals surface area contributed by atoms with Gasteiger partial charge in [0, 0.05) is 40.3 Å². The van der Waals surface area contributed by atoms with Crippen LogP contribution in [-0.2, 0) is 4.79 Å². The number of hydrogen-bond donors (Lipinski definition) is 0. The van der Waals surface area contributed by atoms with Crippen molar-refractivity contribution >= 4 is 11.7 Å². The van der Waals surface area contributed by atoms with E-state index >= 15 is 0 Å². The third-order valence-corrected chi connectivity index (χ3v) is 3.34. The Bertz CT molecular complexity index is 423. The minimum atomic E-state index is 0.156. The summed E-state index contributed by atoms with van der Waals surface area (Å²) in [7, 11) is 3.58. The quantitative estimate of drug-likeness (QED) is 0.768. The first-order valence-electron chi connectivity index (χ1n) is 6.54. The predicted octanol–water partition coefficient (Wildman–Crippen LogP) is -0.00478. The fourth-order valence-corrected chi connectivity index (χ4v) is 2.03. The van der Waals surface area contributed by atoms with Crippen LogP contribution in [0.15, 0.2) is 12.1 Å². The zero-order valence-corrected chi connectivity index (χ0v) is 11.8. The predicted molar refractivity (Wildman–Crippen MR) is 74.1 cm³/mol. The third kappa shape index (κ3) is 3.64.